The van der Waals surface area contributed by atoms with Crippen molar-refractivity contribution in [1.29, 1.82) is 0 Å². The maximum atomic E-state index is 11.5. The van der Waals surface area contributed by atoms with Gasteiger partial charge in [0.2, 0.25) is 5.91 Å². The van der Waals surface area contributed by atoms with Gasteiger partial charge in [0.25, 0.3) is 0 Å². The van der Waals surface area contributed by atoms with Crippen molar-refractivity contribution in [1.82, 2.24) is 15.1 Å². The van der Waals surface area contributed by atoms with E-state index in [0.717, 1.165) is 45.4 Å². The second kappa shape index (κ2) is 9.34. The lowest BCUT2D eigenvalue weighted by Crippen LogP contribution is -2.43. The van der Waals surface area contributed by atoms with Crippen LogP contribution in [0.3, 0.4) is 0 Å². The highest BCUT2D eigenvalue weighted by atomic mass is 16.2. The number of carbonyl (C=O) groups excluding carboxylic acids is 1. The molecule has 0 spiro atoms. The zero-order valence-electron chi connectivity index (χ0n) is 12.1. The van der Waals surface area contributed by atoms with Crippen molar-refractivity contribution >= 4 is 5.91 Å². The first-order valence-electron chi connectivity index (χ1n) is 7.42. The van der Waals surface area contributed by atoms with E-state index in [1.54, 1.807) is 6.92 Å². The van der Waals surface area contributed by atoms with Gasteiger partial charge in [0, 0.05) is 46.2 Å². The van der Waals surface area contributed by atoms with Crippen LogP contribution >= 0.6 is 0 Å². The SMILES string of the molecule is CCCCN(CCCCN1CCNCC1)C(C)=O. The molecule has 1 N–H and O–H groups in total. The van der Waals surface area contributed by atoms with Crippen molar-refractivity contribution in [2.45, 2.75) is 39.5 Å². The summed E-state index contributed by atoms with van der Waals surface area (Å²) in [6, 6.07) is 0. The lowest BCUT2D eigenvalue weighted by molar-refractivity contribution is -0.129. The maximum Gasteiger partial charge on any atom is 0.219 e. The molecule has 0 bridgehead atoms. The van der Waals surface area contributed by atoms with E-state index in [9.17, 15) is 4.79 Å². The Bertz CT molecular complexity index is 227. The van der Waals surface area contributed by atoms with Gasteiger partial charge < -0.3 is 15.1 Å². The Morgan fingerprint density at radius 3 is 2.44 bits per heavy atom. The molecule has 0 aromatic rings. The molecule has 1 aliphatic rings. The molecule has 1 fully saturated rings. The molecule has 106 valence electrons. The maximum absolute atomic E-state index is 11.5. The molecule has 0 aromatic carbocycles. The number of amides is 1. The first kappa shape index (κ1) is 15.4. The van der Waals surface area contributed by atoms with Gasteiger partial charge >= 0.3 is 0 Å². The third kappa shape index (κ3) is 6.36. The average Bonchev–Trinajstić information content (AvgIpc) is 2.38. The topological polar surface area (TPSA) is 35.6 Å². The molecule has 0 aliphatic carbocycles. The van der Waals surface area contributed by atoms with Gasteiger partial charge in [-0.15, -0.1) is 0 Å². The highest BCUT2D eigenvalue weighted by Crippen LogP contribution is 2.02. The second-order valence-corrected chi connectivity index (χ2v) is 5.16. The molecule has 1 heterocycles. The zero-order chi connectivity index (χ0) is 13.2. The molecule has 1 saturated heterocycles. The smallest absolute Gasteiger partial charge is 0.219 e. The van der Waals surface area contributed by atoms with E-state index >= 15 is 0 Å². The molecule has 0 atom stereocenters. The van der Waals surface area contributed by atoms with Crippen LogP contribution in [0.4, 0.5) is 0 Å². The molecule has 4 nitrogen and oxygen atoms in total. The van der Waals surface area contributed by atoms with E-state index in [-0.39, 0.29) is 5.91 Å². The summed E-state index contributed by atoms with van der Waals surface area (Å²) in [6.45, 7) is 11.5. The quantitative estimate of drug-likeness (QED) is 0.665. The molecule has 1 aliphatic heterocycles. The first-order chi connectivity index (χ1) is 8.74. The Morgan fingerprint density at radius 1 is 1.17 bits per heavy atom. The third-order valence-corrected chi connectivity index (χ3v) is 3.59. The van der Waals surface area contributed by atoms with Gasteiger partial charge in [0.15, 0.2) is 0 Å². The van der Waals surface area contributed by atoms with Crippen LogP contribution in [0, 0.1) is 0 Å². The largest absolute Gasteiger partial charge is 0.343 e. The number of hydrogen-bond donors (Lipinski definition) is 1. The minimum Gasteiger partial charge on any atom is -0.343 e. The lowest BCUT2D eigenvalue weighted by Gasteiger charge is -2.27. The Kier molecular flexibility index (Phi) is 8.01. The second-order valence-electron chi connectivity index (χ2n) is 5.16. The number of rotatable bonds is 8. The van der Waals surface area contributed by atoms with Gasteiger partial charge in [-0.3, -0.25) is 4.79 Å². The fraction of sp³-hybridized carbons (Fsp3) is 0.929. The van der Waals surface area contributed by atoms with Crippen LogP contribution in [0.25, 0.3) is 0 Å². The van der Waals surface area contributed by atoms with Gasteiger partial charge in [-0.1, -0.05) is 13.3 Å². The van der Waals surface area contributed by atoms with Crippen molar-refractivity contribution in [3.8, 4) is 0 Å². The van der Waals surface area contributed by atoms with Crippen LogP contribution in [0.2, 0.25) is 0 Å². The van der Waals surface area contributed by atoms with Crippen LogP contribution in [0.1, 0.15) is 39.5 Å². The predicted octanol–water partition coefficient (Wildman–Crippen LogP) is 1.32. The summed E-state index contributed by atoms with van der Waals surface area (Å²) in [5.41, 5.74) is 0. The van der Waals surface area contributed by atoms with E-state index in [1.807, 2.05) is 4.90 Å². The summed E-state index contributed by atoms with van der Waals surface area (Å²) in [6.07, 6.45) is 4.62. The minimum absolute atomic E-state index is 0.227. The predicted molar refractivity (Wildman–Crippen MR) is 75.7 cm³/mol. The number of piperazine rings is 1. The molecule has 1 amide bonds. The van der Waals surface area contributed by atoms with Crippen LogP contribution < -0.4 is 5.32 Å². The number of nitrogens with zero attached hydrogens (tertiary/aromatic N) is 2. The van der Waals surface area contributed by atoms with E-state index in [4.69, 9.17) is 0 Å². The molecule has 0 saturated carbocycles. The Morgan fingerprint density at radius 2 is 1.83 bits per heavy atom. The number of hydrogen-bond acceptors (Lipinski definition) is 3. The van der Waals surface area contributed by atoms with E-state index < -0.39 is 0 Å². The minimum atomic E-state index is 0.227. The molecule has 1 rings (SSSR count). The van der Waals surface area contributed by atoms with Crippen LogP contribution in [0.15, 0.2) is 0 Å². The molecule has 0 unspecified atom stereocenters. The van der Waals surface area contributed by atoms with Gasteiger partial charge in [-0.05, 0) is 25.8 Å². The molecular weight excluding hydrogens is 226 g/mol. The van der Waals surface area contributed by atoms with E-state index in [2.05, 4.69) is 17.1 Å². The van der Waals surface area contributed by atoms with Crippen molar-refractivity contribution in [2.75, 3.05) is 45.8 Å². The Hall–Kier alpha value is -0.610. The van der Waals surface area contributed by atoms with Gasteiger partial charge in [-0.25, -0.2) is 0 Å². The number of carbonyl (C=O) groups is 1. The summed E-state index contributed by atoms with van der Waals surface area (Å²) >= 11 is 0. The molecule has 0 radical (unpaired) electrons. The highest BCUT2D eigenvalue weighted by Gasteiger charge is 2.10. The average molecular weight is 255 g/mol. The van der Waals surface area contributed by atoms with Crippen molar-refractivity contribution < 1.29 is 4.79 Å². The van der Waals surface area contributed by atoms with Crippen LogP contribution in [-0.4, -0.2) is 61.5 Å². The number of nitrogens with one attached hydrogen (secondary N) is 1. The molecular formula is C14H29N3O. The third-order valence-electron chi connectivity index (χ3n) is 3.59. The fourth-order valence-electron chi connectivity index (χ4n) is 2.35. The first-order valence-corrected chi connectivity index (χ1v) is 7.42. The summed E-state index contributed by atoms with van der Waals surface area (Å²) in [4.78, 5) is 16.0. The Labute approximate surface area is 112 Å². The normalized spacial score (nSPS) is 16.8. The van der Waals surface area contributed by atoms with Crippen molar-refractivity contribution in [2.24, 2.45) is 0 Å². The fourth-order valence-corrected chi connectivity index (χ4v) is 2.35. The summed E-state index contributed by atoms with van der Waals surface area (Å²) < 4.78 is 0. The van der Waals surface area contributed by atoms with Crippen molar-refractivity contribution in [3.05, 3.63) is 0 Å². The van der Waals surface area contributed by atoms with Gasteiger partial charge in [0.05, 0.1) is 0 Å². The lowest BCUT2D eigenvalue weighted by atomic mass is 10.2. The zero-order valence-corrected chi connectivity index (χ0v) is 12.1. The Balaban J connectivity index is 2.08. The standard InChI is InChI=1S/C14H29N3O/c1-3-4-10-17(14(2)18)11-6-5-9-16-12-7-15-8-13-16/h15H,3-13H2,1-2H3. The van der Waals surface area contributed by atoms with Crippen LogP contribution in [0.5, 0.6) is 0 Å². The summed E-state index contributed by atoms with van der Waals surface area (Å²) in [5, 5.41) is 3.37. The van der Waals surface area contributed by atoms with Gasteiger partial charge in [-0.2, -0.15) is 0 Å². The van der Waals surface area contributed by atoms with Gasteiger partial charge in [0.1, 0.15) is 0 Å². The van der Waals surface area contributed by atoms with Crippen molar-refractivity contribution in [3.63, 3.8) is 0 Å². The van der Waals surface area contributed by atoms with E-state index in [0.29, 0.717) is 0 Å². The molecule has 18 heavy (non-hydrogen) atoms. The molecule has 0 aromatic heterocycles. The summed E-state index contributed by atoms with van der Waals surface area (Å²) in [5.74, 6) is 0.227. The molecule has 4 heteroatoms. The number of unbranched alkanes of at least 4 members (excludes halogenated alkanes) is 2. The van der Waals surface area contributed by atoms with Crippen LogP contribution in [-0.2, 0) is 4.79 Å². The summed E-state index contributed by atoms with van der Waals surface area (Å²) in [7, 11) is 0. The highest BCUT2D eigenvalue weighted by molar-refractivity contribution is 5.73. The monoisotopic (exact) mass is 255 g/mol. The van der Waals surface area contributed by atoms with E-state index in [1.165, 1.54) is 26.1 Å².